The van der Waals surface area contributed by atoms with E-state index in [0.717, 1.165) is 5.69 Å². The molecule has 0 bridgehead atoms. The summed E-state index contributed by atoms with van der Waals surface area (Å²) >= 11 is 4.78. The Bertz CT molecular complexity index is 624. The summed E-state index contributed by atoms with van der Waals surface area (Å²) in [5, 5.41) is 3.33. The molecule has 1 aromatic heterocycles. The van der Waals surface area contributed by atoms with Gasteiger partial charge < -0.3 is 9.87 Å². The Hall–Kier alpha value is -0.570. The number of rotatable bonds is 2. The summed E-state index contributed by atoms with van der Waals surface area (Å²) in [6.07, 6.45) is 1.70. The van der Waals surface area contributed by atoms with Crippen LogP contribution in [-0.4, -0.2) is 46.2 Å². The molecule has 1 saturated heterocycles. The lowest BCUT2D eigenvalue weighted by molar-refractivity contribution is 0.558. The van der Waals surface area contributed by atoms with Crippen molar-refractivity contribution in [3.63, 3.8) is 0 Å². The second kappa shape index (κ2) is 5.32. The van der Waals surface area contributed by atoms with Gasteiger partial charge in [0, 0.05) is 12.5 Å². The zero-order valence-corrected chi connectivity index (χ0v) is 13.0. The third-order valence-electron chi connectivity index (χ3n) is 3.56. The molecule has 1 fully saturated rings. The minimum atomic E-state index is -2.90. The Labute approximate surface area is 125 Å². The van der Waals surface area contributed by atoms with Gasteiger partial charge in [0.15, 0.2) is 5.82 Å². The van der Waals surface area contributed by atoms with E-state index in [9.17, 15) is 13.0 Å². The zero-order chi connectivity index (χ0) is 14.3. The Balaban J connectivity index is 1.82. The van der Waals surface area contributed by atoms with Crippen molar-refractivity contribution < 1.29 is 13.0 Å². The molecule has 1 N–H and O–H groups in total. The molecule has 0 aliphatic carbocycles. The molecule has 3 heterocycles. The minimum absolute atomic E-state index is 0.0196. The lowest BCUT2D eigenvalue weighted by Gasteiger charge is -2.24. The van der Waals surface area contributed by atoms with Gasteiger partial charge in [-0.2, -0.15) is 4.98 Å². The zero-order valence-electron chi connectivity index (χ0n) is 10.6. The number of aryl methyl sites for hydroxylation is 1. The van der Waals surface area contributed by atoms with E-state index in [1.54, 1.807) is 0 Å². The number of fused-ring (bicyclic) bond motifs is 1. The molecule has 2 aliphatic rings. The van der Waals surface area contributed by atoms with Crippen molar-refractivity contribution in [3.05, 3.63) is 11.0 Å². The van der Waals surface area contributed by atoms with E-state index < -0.39 is 21.0 Å². The molecule has 1 aromatic rings. The lowest BCUT2D eigenvalue weighted by atomic mass is 10.1. The quantitative estimate of drug-likeness (QED) is 0.634. The largest absolute Gasteiger partial charge is 0.611 e. The van der Waals surface area contributed by atoms with Gasteiger partial charge in [-0.05, 0) is 35.6 Å². The van der Waals surface area contributed by atoms with Crippen LogP contribution in [0.3, 0.4) is 0 Å². The minimum Gasteiger partial charge on any atom is -0.611 e. The number of aromatic nitrogens is 2. The van der Waals surface area contributed by atoms with Gasteiger partial charge >= 0.3 is 0 Å². The maximum atomic E-state index is 12.0. The van der Waals surface area contributed by atoms with Gasteiger partial charge in [-0.15, -0.1) is 0 Å². The molecule has 6 nitrogen and oxygen atoms in total. The molecule has 2 aliphatic heterocycles. The fourth-order valence-electron chi connectivity index (χ4n) is 2.49. The molecule has 0 aromatic carbocycles. The highest BCUT2D eigenvalue weighted by Gasteiger charge is 2.33. The first-order valence-electron chi connectivity index (χ1n) is 6.36. The first-order valence-corrected chi connectivity index (χ1v) is 9.88. The number of halogens is 1. The van der Waals surface area contributed by atoms with Gasteiger partial charge in [-0.25, -0.2) is 13.4 Å². The molecule has 0 radical (unpaired) electrons. The maximum Gasteiger partial charge on any atom is 0.224 e. The number of hydrogen-bond acceptors (Lipinski definition) is 6. The molecule has 0 saturated carbocycles. The summed E-state index contributed by atoms with van der Waals surface area (Å²) in [7, 11) is -2.90. The van der Waals surface area contributed by atoms with E-state index in [1.165, 1.54) is 0 Å². The smallest absolute Gasteiger partial charge is 0.224 e. The van der Waals surface area contributed by atoms with Gasteiger partial charge in [0.05, 0.1) is 11.5 Å². The highest BCUT2D eigenvalue weighted by atomic mass is 35.5. The van der Waals surface area contributed by atoms with Crippen LogP contribution in [0.2, 0.25) is 5.28 Å². The van der Waals surface area contributed by atoms with E-state index in [1.807, 2.05) is 0 Å². The first kappa shape index (κ1) is 14.4. The van der Waals surface area contributed by atoms with Gasteiger partial charge in [0.1, 0.15) is 21.3 Å². The molecule has 0 spiro atoms. The van der Waals surface area contributed by atoms with Gasteiger partial charge in [-0.1, -0.05) is 0 Å². The van der Waals surface area contributed by atoms with Crippen molar-refractivity contribution >= 4 is 38.4 Å². The van der Waals surface area contributed by atoms with Crippen LogP contribution in [0.15, 0.2) is 4.90 Å². The van der Waals surface area contributed by atoms with E-state index in [2.05, 4.69) is 15.3 Å². The number of nitrogens with zero attached hydrogens (tertiary/aromatic N) is 2. The molecule has 9 heteroatoms. The highest BCUT2D eigenvalue weighted by Crippen LogP contribution is 2.32. The van der Waals surface area contributed by atoms with Crippen LogP contribution in [0.4, 0.5) is 5.82 Å². The molecular formula is C11H14ClN3O3S2. The second-order valence-corrected chi connectivity index (χ2v) is 9.14. The third kappa shape index (κ3) is 2.88. The average Bonchev–Trinajstić information content (AvgIpc) is 2.73. The molecule has 20 heavy (non-hydrogen) atoms. The SMILES string of the molecule is O=S1(=O)CCC(Nc2nc(Cl)nc3c2[S@+]([O-])CC3)CC1. The van der Waals surface area contributed by atoms with Gasteiger partial charge in [0.25, 0.3) is 0 Å². The third-order valence-corrected chi connectivity index (χ3v) is 6.90. The van der Waals surface area contributed by atoms with E-state index in [4.69, 9.17) is 11.6 Å². The summed E-state index contributed by atoms with van der Waals surface area (Å²) in [5.74, 6) is 1.39. The van der Waals surface area contributed by atoms with Crippen molar-refractivity contribution in [1.82, 2.24) is 9.97 Å². The number of sulfone groups is 1. The van der Waals surface area contributed by atoms with Crippen molar-refractivity contribution in [2.75, 3.05) is 22.6 Å². The molecule has 0 unspecified atom stereocenters. The molecule has 0 amide bonds. The predicted octanol–water partition coefficient (Wildman–Crippen LogP) is 0.783. The van der Waals surface area contributed by atoms with Crippen molar-refractivity contribution in [2.24, 2.45) is 0 Å². The van der Waals surface area contributed by atoms with E-state index in [-0.39, 0.29) is 22.8 Å². The van der Waals surface area contributed by atoms with Crippen molar-refractivity contribution in [2.45, 2.75) is 30.2 Å². The number of hydrogen-bond donors (Lipinski definition) is 1. The van der Waals surface area contributed by atoms with E-state index in [0.29, 0.717) is 35.7 Å². The molecule has 3 rings (SSSR count). The van der Waals surface area contributed by atoms with Crippen LogP contribution in [0.25, 0.3) is 0 Å². The van der Waals surface area contributed by atoms with Crippen molar-refractivity contribution in [3.8, 4) is 0 Å². The number of nitrogens with one attached hydrogen (secondary N) is 1. The Morgan fingerprint density at radius 1 is 1.30 bits per heavy atom. The predicted molar refractivity (Wildman–Crippen MR) is 77.3 cm³/mol. The number of anilines is 1. The highest BCUT2D eigenvalue weighted by molar-refractivity contribution is 7.92. The molecule has 110 valence electrons. The Kier molecular flexibility index (Phi) is 3.83. The monoisotopic (exact) mass is 335 g/mol. The Morgan fingerprint density at radius 3 is 2.70 bits per heavy atom. The van der Waals surface area contributed by atoms with Crippen LogP contribution in [0.1, 0.15) is 18.5 Å². The summed E-state index contributed by atoms with van der Waals surface area (Å²) in [4.78, 5) is 8.86. The lowest BCUT2D eigenvalue weighted by Crippen LogP contribution is -2.32. The Morgan fingerprint density at radius 2 is 2.00 bits per heavy atom. The molecule has 1 atom stereocenters. The summed E-state index contributed by atoms with van der Waals surface area (Å²) in [6, 6.07) is 0.0196. The van der Waals surface area contributed by atoms with Crippen LogP contribution < -0.4 is 5.32 Å². The first-order chi connectivity index (χ1) is 9.44. The topological polar surface area (TPSA) is 95.0 Å². The van der Waals surface area contributed by atoms with Crippen LogP contribution in [0.5, 0.6) is 0 Å². The van der Waals surface area contributed by atoms with Crippen LogP contribution in [0, 0.1) is 0 Å². The van der Waals surface area contributed by atoms with Gasteiger partial charge in [-0.3, -0.25) is 0 Å². The maximum absolute atomic E-state index is 12.0. The average molecular weight is 336 g/mol. The fraction of sp³-hybridized carbons (Fsp3) is 0.636. The summed E-state index contributed by atoms with van der Waals surface area (Å²) in [6.45, 7) is 0. The fourth-order valence-corrected chi connectivity index (χ4v) is 5.48. The second-order valence-electron chi connectivity index (χ2n) is 4.99. The standard InChI is InChI=1S/C11H14ClN3O3S2/c12-11-14-8-1-4-19(16)9(8)10(15-11)13-7-2-5-20(17,18)6-3-7/h7H,1-6H2,(H,13,14,15)/t19-/m1/s1. The molecular weight excluding hydrogens is 322 g/mol. The van der Waals surface area contributed by atoms with Crippen LogP contribution in [-0.2, 0) is 27.4 Å². The summed E-state index contributed by atoms with van der Waals surface area (Å²) < 4.78 is 34.8. The van der Waals surface area contributed by atoms with Gasteiger partial charge in [0.2, 0.25) is 10.2 Å². The van der Waals surface area contributed by atoms with Crippen molar-refractivity contribution in [1.29, 1.82) is 0 Å². The van der Waals surface area contributed by atoms with E-state index >= 15 is 0 Å². The normalized spacial score (nSPS) is 25.4. The van der Waals surface area contributed by atoms with Crippen LogP contribution >= 0.6 is 11.6 Å². The summed E-state index contributed by atoms with van der Waals surface area (Å²) in [5.41, 5.74) is 0.731.